The maximum absolute atomic E-state index is 13.7. The number of hydrogen-bond acceptors (Lipinski definition) is 6. The average molecular weight is 676 g/mol. The van der Waals surface area contributed by atoms with Gasteiger partial charge in [-0.1, -0.05) is 63.2 Å². The quantitative estimate of drug-likeness (QED) is 0.130. The molecule has 1 aliphatic heterocycles. The van der Waals surface area contributed by atoms with Crippen molar-refractivity contribution in [2.24, 2.45) is 10.8 Å². The van der Waals surface area contributed by atoms with E-state index < -0.39 is 10.8 Å². The first-order valence-corrected chi connectivity index (χ1v) is 17.4. The van der Waals surface area contributed by atoms with Crippen molar-refractivity contribution in [3.05, 3.63) is 71.3 Å². The number of likely N-dealkylation sites (tertiary alicyclic amines) is 1. The van der Waals surface area contributed by atoms with E-state index in [9.17, 15) is 28.8 Å². The molecule has 0 bridgehead atoms. The smallest absolute Gasteiger partial charge is 0.251 e. The van der Waals surface area contributed by atoms with E-state index in [-0.39, 0.29) is 47.8 Å². The zero-order valence-corrected chi connectivity index (χ0v) is 29.7. The van der Waals surface area contributed by atoms with Crippen molar-refractivity contribution >= 4 is 35.3 Å². The molecule has 1 fully saturated rings. The fraction of sp³-hybridized carbons (Fsp3) is 0.526. The minimum absolute atomic E-state index is 0.0869. The number of nitrogens with one attached hydrogen (secondary N) is 4. The van der Waals surface area contributed by atoms with E-state index in [4.69, 9.17) is 0 Å². The Morgan fingerprint density at radius 3 is 1.84 bits per heavy atom. The number of ketones is 1. The van der Waals surface area contributed by atoms with Gasteiger partial charge < -0.3 is 26.2 Å². The highest BCUT2D eigenvalue weighted by atomic mass is 16.2. The molecule has 0 aromatic heterocycles. The molecule has 11 nitrogen and oxygen atoms in total. The Kier molecular flexibility index (Phi) is 14.5. The summed E-state index contributed by atoms with van der Waals surface area (Å²) in [5.74, 6) is -0.776. The lowest BCUT2D eigenvalue weighted by Crippen LogP contribution is -2.50. The van der Waals surface area contributed by atoms with Crippen LogP contribution in [0.25, 0.3) is 0 Å². The van der Waals surface area contributed by atoms with Crippen LogP contribution in [0.2, 0.25) is 0 Å². The van der Waals surface area contributed by atoms with Gasteiger partial charge in [0.25, 0.3) is 5.91 Å². The largest absolute Gasteiger partial charge is 0.356 e. The van der Waals surface area contributed by atoms with Gasteiger partial charge in [-0.3, -0.25) is 28.8 Å². The highest BCUT2D eigenvalue weighted by Crippen LogP contribution is 2.41. The predicted octanol–water partition coefficient (Wildman–Crippen LogP) is 4.01. The Balaban J connectivity index is 1.54. The zero-order chi connectivity index (χ0) is 36.0. The van der Waals surface area contributed by atoms with Crippen molar-refractivity contribution in [1.29, 1.82) is 0 Å². The SMILES string of the molecule is CCC(C)(CC(C)(CC(C)N1CCCC1=O)C(=O)NCCCNC(C)=O)C(=O)NCCCNC(=O)c1ccc(C(=O)c2ccccc2)cc1. The summed E-state index contributed by atoms with van der Waals surface area (Å²) in [6.45, 7) is 11.2. The van der Waals surface area contributed by atoms with Gasteiger partial charge in [0, 0.05) is 79.6 Å². The number of hydrogen-bond donors (Lipinski definition) is 4. The lowest BCUT2D eigenvalue weighted by molar-refractivity contribution is -0.140. The second-order valence-electron chi connectivity index (χ2n) is 13.6. The summed E-state index contributed by atoms with van der Waals surface area (Å²) < 4.78 is 0. The Bertz CT molecular complexity index is 1460. The number of nitrogens with zero attached hydrogens (tertiary/aromatic N) is 1. The fourth-order valence-corrected chi connectivity index (χ4v) is 6.47. The normalized spacial score (nSPS) is 15.8. The zero-order valence-electron chi connectivity index (χ0n) is 29.7. The maximum atomic E-state index is 13.7. The minimum Gasteiger partial charge on any atom is -0.356 e. The molecule has 11 heteroatoms. The molecule has 3 rings (SSSR count). The summed E-state index contributed by atoms with van der Waals surface area (Å²) in [5, 5.41) is 11.6. The highest BCUT2D eigenvalue weighted by molar-refractivity contribution is 6.09. The van der Waals surface area contributed by atoms with E-state index >= 15 is 0 Å². The number of benzene rings is 2. The van der Waals surface area contributed by atoms with Crippen LogP contribution in [-0.4, -0.2) is 79.0 Å². The molecule has 0 radical (unpaired) electrons. The lowest BCUT2D eigenvalue weighted by atomic mass is 9.67. The van der Waals surface area contributed by atoms with Crippen LogP contribution in [-0.2, 0) is 19.2 Å². The lowest BCUT2D eigenvalue weighted by Gasteiger charge is -2.40. The first-order chi connectivity index (χ1) is 23.3. The van der Waals surface area contributed by atoms with Crippen LogP contribution < -0.4 is 21.3 Å². The third kappa shape index (κ3) is 11.3. The summed E-state index contributed by atoms with van der Waals surface area (Å²) in [6.07, 6.45) is 3.57. The molecular formula is C38H53N5O6. The molecule has 1 heterocycles. The topological polar surface area (TPSA) is 154 Å². The van der Waals surface area contributed by atoms with Gasteiger partial charge in [-0.05, 0) is 57.6 Å². The van der Waals surface area contributed by atoms with E-state index in [1.165, 1.54) is 6.92 Å². The Morgan fingerprint density at radius 1 is 0.755 bits per heavy atom. The summed E-state index contributed by atoms with van der Waals surface area (Å²) in [4.78, 5) is 78.2. The van der Waals surface area contributed by atoms with Gasteiger partial charge in [0.15, 0.2) is 5.78 Å². The highest BCUT2D eigenvalue weighted by Gasteiger charge is 2.45. The molecule has 3 atom stereocenters. The Labute approximate surface area is 290 Å². The van der Waals surface area contributed by atoms with Gasteiger partial charge in [0.2, 0.25) is 23.6 Å². The summed E-state index contributed by atoms with van der Waals surface area (Å²) >= 11 is 0. The van der Waals surface area contributed by atoms with Crippen molar-refractivity contribution in [2.75, 3.05) is 32.7 Å². The second kappa shape index (κ2) is 18.3. The molecule has 0 saturated carbocycles. The molecule has 4 N–H and O–H groups in total. The Morgan fingerprint density at radius 2 is 1.29 bits per heavy atom. The molecular weight excluding hydrogens is 622 g/mol. The van der Waals surface area contributed by atoms with Crippen LogP contribution in [0, 0.1) is 10.8 Å². The molecule has 1 saturated heterocycles. The van der Waals surface area contributed by atoms with E-state index in [2.05, 4.69) is 21.3 Å². The number of rotatable bonds is 19. The van der Waals surface area contributed by atoms with Gasteiger partial charge >= 0.3 is 0 Å². The van der Waals surface area contributed by atoms with Crippen LogP contribution >= 0.6 is 0 Å². The van der Waals surface area contributed by atoms with Crippen molar-refractivity contribution in [3.63, 3.8) is 0 Å². The third-order valence-electron chi connectivity index (χ3n) is 9.43. The maximum Gasteiger partial charge on any atom is 0.251 e. The third-order valence-corrected chi connectivity index (χ3v) is 9.43. The minimum atomic E-state index is -0.937. The molecule has 0 spiro atoms. The van der Waals surface area contributed by atoms with Crippen LogP contribution in [0.5, 0.6) is 0 Å². The molecule has 0 aliphatic carbocycles. The molecule has 1 aliphatic rings. The summed E-state index contributed by atoms with van der Waals surface area (Å²) in [7, 11) is 0. The predicted molar refractivity (Wildman–Crippen MR) is 189 cm³/mol. The molecule has 5 amide bonds. The summed E-state index contributed by atoms with van der Waals surface area (Å²) in [6, 6.07) is 15.3. The first-order valence-electron chi connectivity index (χ1n) is 17.4. The van der Waals surface area contributed by atoms with Crippen LogP contribution in [0.3, 0.4) is 0 Å². The molecule has 49 heavy (non-hydrogen) atoms. The van der Waals surface area contributed by atoms with Crippen LogP contribution in [0.1, 0.15) is 106 Å². The standard InChI is InChI=1S/C38H53N5O6/c1-6-37(4,26-38(5,25-27(2)43-24-10-15-32(43)45)36(49)42-22-11-20-39-28(3)44)35(48)41-23-12-21-40-34(47)31-18-16-30(17-19-31)33(46)29-13-8-7-9-14-29/h7-9,13-14,16-19,27H,6,10-12,15,20-26H2,1-5H3,(H,39,44)(H,40,47)(H,41,48)(H,42,49). The van der Waals surface area contributed by atoms with Crippen LogP contribution in [0.4, 0.5) is 0 Å². The van der Waals surface area contributed by atoms with E-state index in [0.29, 0.717) is 81.5 Å². The number of amides is 5. The molecule has 2 aromatic rings. The first kappa shape index (κ1) is 38.9. The number of carbonyl (C=O) groups excluding carboxylic acids is 6. The van der Waals surface area contributed by atoms with Crippen molar-refractivity contribution in [3.8, 4) is 0 Å². The monoisotopic (exact) mass is 675 g/mol. The van der Waals surface area contributed by atoms with Crippen molar-refractivity contribution in [2.45, 2.75) is 85.6 Å². The van der Waals surface area contributed by atoms with Crippen molar-refractivity contribution in [1.82, 2.24) is 26.2 Å². The molecule has 3 unspecified atom stereocenters. The summed E-state index contributed by atoms with van der Waals surface area (Å²) in [5.41, 5.74) is -0.284. The second-order valence-corrected chi connectivity index (χ2v) is 13.6. The van der Waals surface area contributed by atoms with Gasteiger partial charge in [-0.25, -0.2) is 0 Å². The van der Waals surface area contributed by atoms with Gasteiger partial charge in [0.1, 0.15) is 0 Å². The fourth-order valence-electron chi connectivity index (χ4n) is 6.47. The average Bonchev–Trinajstić information content (AvgIpc) is 3.53. The van der Waals surface area contributed by atoms with E-state index in [0.717, 1.165) is 6.42 Å². The van der Waals surface area contributed by atoms with Crippen LogP contribution in [0.15, 0.2) is 54.6 Å². The van der Waals surface area contributed by atoms with E-state index in [1.807, 2.05) is 38.7 Å². The molecule has 266 valence electrons. The van der Waals surface area contributed by atoms with Gasteiger partial charge in [0.05, 0.1) is 0 Å². The molecule has 2 aromatic carbocycles. The van der Waals surface area contributed by atoms with Gasteiger partial charge in [-0.2, -0.15) is 0 Å². The van der Waals surface area contributed by atoms with E-state index in [1.54, 1.807) is 48.5 Å². The Hall–Kier alpha value is -4.54. The van der Waals surface area contributed by atoms with Crippen molar-refractivity contribution < 1.29 is 28.8 Å². The van der Waals surface area contributed by atoms with Gasteiger partial charge in [-0.15, -0.1) is 0 Å². The number of carbonyl (C=O) groups is 6.